The van der Waals surface area contributed by atoms with Crippen molar-refractivity contribution in [3.05, 3.63) is 34.9 Å². The van der Waals surface area contributed by atoms with Crippen LogP contribution in [-0.4, -0.2) is 17.0 Å². The highest BCUT2D eigenvalue weighted by atomic mass is 32.2. The first-order valence-corrected chi connectivity index (χ1v) is 8.30. The van der Waals surface area contributed by atoms with E-state index in [0.717, 1.165) is 31.6 Å². The Labute approximate surface area is 124 Å². The van der Waals surface area contributed by atoms with E-state index >= 15 is 0 Å². The monoisotopic (exact) mass is 299 g/mol. The van der Waals surface area contributed by atoms with Gasteiger partial charge in [-0.05, 0) is 57.0 Å². The summed E-state index contributed by atoms with van der Waals surface area (Å²) in [6, 6.07) is 2.63. The van der Waals surface area contributed by atoms with Crippen molar-refractivity contribution in [3.8, 4) is 0 Å². The lowest BCUT2D eigenvalue weighted by atomic mass is 9.88. The number of aryl methyl sites for hydroxylation is 1. The fourth-order valence-corrected chi connectivity index (χ4v) is 4.29. The van der Waals surface area contributed by atoms with Crippen LogP contribution in [0.1, 0.15) is 50.3 Å². The Hall–Kier alpha value is -0.610. The first-order chi connectivity index (χ1) is 9.49. The SMILES string of the molecule is CCCNC(c1c(F)ccc(C)c1F)C1(C)CCCS1. The lowest BCUT2D eigenvalue weighted by Crippen LogP contribution is -2.39. The van der Waals surface area contributed by atoms with Gasteiger partial charge in [-0.2, -0.15) is 11.8 Å². The minimum Gasteiger partial charge on any atom is -0.309 e. The van der Waals surface area contributed by atoms with Crippen molar-refractivity contribution in [2.24, 2.45) is 0 Å². The second kappa shape index (κ2) is 6.44. The Kier molecular flexibility index (Phi) is 5.08. The standard InChI is InChI=1S/C16H23F2NS/c1-4-9-19-15(16(3)8-5-10-20-16)13-12(17)7-6-11(2)14(13)18/h6-7,15,19H,4-5,8-10H2,1-3H3. The zero-order valence-electron chi connectivity index (χ0n) is 12.4. The Morgan fingerprint density at radius 1 is 1.40 bits per heavy atom. The number of thioether (sulfide) groups is 1. The van der Waals surface area contributed by atoms with Crippen molar-refractivity contribution in [2.45, 2.75) is 50.8 Å². The van der Waals surface area contributed by atoms with Crippen LogP contribution < -0.4 is 5.32 Å². The molecule has 4 heteroatoms. The molecule has 1 saturated heterocycles. The number of halogens is 2. The lowest BCUT2D eigenvalue weighted by molar-refractivity contribution is 0.382. The molecule has 1 fully saturated rings. The van der Waals surface area contributed by atoms with Crippen LogP contribution >= 0.6 is 11.8 Å². The summed E-state index contributed by atoms with van der Waals surface area (Å²) in [6.07, 6.45) is 3.05. The van der Waals surface area contributed by atoms with Crippen molar-refractivity contribution in [3.63, 3.8) is 0 Å². The van der Waals surface area contributed by atoms with E-state index in [4.69, 9.17) is 0 Å². The number of benzene rings is 1. The molecule has 2 atom stereocenters. The summed E-state index contributed by atoms with van der Waals surface area (Å²) in [5.41, 5.74) is 0.728. The minimum absolute atomic E-state index is 0.134. The summed E-state index contributed by atoms with van der Waals surface area (Å²) >= 11 is 1.83. The van der Waals surface area contributed by atoms with Gasteiger partial charge in [0.25, 0.3) is 0 Å². The van der Waals surface area contributed by atoms with Crippen LogP contribution in [0.5, 0.6) is 0 Å². The predicted molar refractivity (Wildman–Crippen MR) is 82.2 cm³/mol. The summed E-state index contributed by atoms with van der Waals surface area (Å²) < 4.78 is 28.6. The molecule has 0 spiro atoms. The Balaban J connectivity index is 2.43. The van der Waals surface area contributed by atoms with Crippen LogP contribution in [0.2, 0.25) is 0 Å². The highest BCUT2D eigenvalue weighted by Gasteiger charge is 2.41. The van der Waals surface area contributed by atoms with Gasteiger partial charge in [0.1, 0.15) is 11.6 Å². The van der Waals surface area contributed by atoms with Crippen molar-refractivity contribution < 1.29 is 8.78 Å². The normalized spacial score (nSPS) is 24.1. The van der Waals surface area contributed by atoms with Crippen molar-refractivity contribution in [1.82, 2.24) is 5.32 Å². The van der Waals surface area contributed by atoms with Crippen LogP contribution in [0.4, 0.5) is 8.78 Å². The van der Waals surface area contributed by atoms with Crippen LogP contribution in [-0.2, 0) is 0 Å². The average molecular weight is 299 g/mol. The van der Waals surface area contributed by atoms with Gasteiger partial charge < -0.3 is 5.32 Å². The highest BCUT2D eigenvalue weighted by molar-refractivity contribution is 8.00. The number of hydrogen-bond donors (Lipinski definition) is 1. The molecule has 1 heterocycles. The molecule has 2 rings (SSSR count). The molecule has 0 aromatic heterocycles. The Morgan fingerprint density at radius 3 is 2.75 bits per heavy atom. The molecule has 0 bridgehead atoms. The van der Waals surface area contributed by atoms with E-state index in [0.29, 0.717) is 5.56 Å². The molecule has 1 N–H and O–H groups in total. The minimum atomic E-state index is -0.435. The van der Waals surface area contributed by atoms with E-state index in [2.05, 4.69) is 19.2 Å². The van der Waals surface area contributed by atoms with Crippen LogP contribution in [0.3, 0.4) is 0 Å². The van der Waals surface area contributed by atoms with E-state index in [-0.39, 0.29) is 16.4 Å². The molecule has 1 aromatic carbocycles. The van der Waals surface area contributed by atoms with Gasteiger partial charge in [-0.15, -0.1) is 0 Å². The Morgan fingerprint density at radius 2 is 2.15 bits per heavy atom. The summed E-state index contributed by atoms with van der Waals surface area (Å²) in [4.78, 5) is 0. The van der Waals surface area contributed by atoms with Gasteiger partial charge in [0.2, 0.25) is 0 Å². The van der Waals surface area contributed by atoms with Crippen LogP contribution in [0, 0.1) is 18.6 Å². The third kappa shape index (κ3) is 3.01. The number of rotatable bonds is 5. The maximum Gasteiger partial charge on any atom is 0.133 e. The number of nitrogens with one attached hydrogen (secondary N) is 1. The van der Waals surface area contributed by atoms with Crippen LogP contribution in [0.15, 0.2) is 12.1 Å². The summed E-state index contributed by atoms with van der Waals surface area (Å²) in [5.74, 6) is 0.235. The second-order valence-electron chi connectivity index (χ2n) is 5.74. The van der Waals surface area contributed by atoms with E-state index in [1.165, 1.54) is 12.1 Å². The molecule has 1 nitrogen and oxygen atoms in total. The van der Waals surface area contributed by atoms with Crippen molar-refractivity contribution in [1.29, 1.82) is 0 Å². The molecule has 1 aromatic rings. The molecule has 0 radical (unpaired) electrons. The molecule has 2 unspecified atom stereocenters. The first kappa shape index (κ1) is 15.8. The molecule has 0 amide bonds. The fraction of sp³-hybridized carbons (Fsp3) is 0.625. The van der Waals surface area contributed by atoms with Crippen molar-refractivity contribution >= 4 is 11.8 Å². The smallest absolute Gasteiger partial charge is 0.133 e. The lowest BCUT2D eigenvalue weighted by Gasteiger charge is -2.35. The van der Waals surface area contributed by atoms with E-state index in [1.807, 2.05) is 11.8 Å². The molecular weight excluding hydrogens is 276 g/mol. The molecule has 20 heavy (non-hydrogen) atoms. The second-order valence-corrected chi connectivity index (χ2v) is 7.37. The molecule has 0 aliphatic carbocycles. The Bertz CT molecular complexity index is 470. The third-order valence-corrected chi connectivity index (χ3v) is 5.66. The van der Waals surface area contributed by atoms with Gasteiger partial charge in [-0.1, -0.05) is 13.0 Å². The van der Waals surface area contributed by atoms with Gasteiger partial charge >= 0.3 is 0 Å². The fourth-order valence-electron chi connectivity index (χ4n) is 2.88. The topological polar surface area (TPSA) is 12.0 Å². The molecule has 1 aliphatic heterocycles. The van der Waals surface area contributed by atoms with E-state index in [9.17, 15) is 8.78 Å². The predicted octanol–water partition coefficient (Wildman–Crippen LogP) is 4.60. The maximum absolute atomic E-state index is 14.5. The van der Waals surface area contributed by atoms with E-state index < -0.39 is 11.6 Å². The molecule has 112 valence electrons. The van der Waals surface area contributed by atoms with Gasteiger partial charge in [-0.3, -0.25) is 0 Å². The maximum atomic E-state index is 14.5. The van der Waals surface area contributed by atoms with Gasteiger partial charge in [-0.25, -0.2) is 8.78 Å². The molecule has 1 aliphatic rings. The van der Waals surface area contributed by atoms with Gasteiger partial charge in [0.05, 0.1) is 6.04 Å². The highest BCUT2D eigenvalue weighted by Crippen LogP contribution is 2.47. The zero-order chi connectivity index (χ0) is 14.8. The summed E-state index contributed by atoms with van der Waals surface area (Å²) in [6.45, 7) is 6.66. The van der Waals surface area contributed by atoms with Gasteiger partial charge in [0.15, 0.2) is 0 Å². The van der Waals surface area contributed by atoms with Crippen molar-refractivity contribution in [2.75, 3.05) is 12.3 Å². The largest absolute Gasteiger partial charge is 0.309 e. The van der Waals surface area contributed by atoms with Gasteiger partial charge in [0, 0.05) is 10.3 Å². The zero-order valence-corrected chi connectivity index (χ0v) is 13.2. The quantitative estimate of drug-likeness (QED) is 0.853. The first-order valence-electron chi connectivity index (χ1n) is 7.31. The summed E-state index contributed by atoms with van der Waals surface area (Å²) in [7, 11) is 0. The average Bonchev–Trinajstić information content (AvgIpc) is 2.86. The summed E-state index contributed by atoms with van der Waals surface area (Å²) in [5, 5.41) is 3.38. The molecule has 0 saturated carbocycles. The third-order valence-electron chi connectivity index (χ3n) is 4.07. The molecular formula is C16H23F2NS. The number of hydrogen-bond acceptors (Lipinski definition) is 2. The van der Waals surface area contributed by atoms with E-state index in [1.54, 1.807) is 6.92 Å². The van der Waals surface area contributed by atoms with Crippen LogP contribution in [0.25, 0.3) is 0 Å².